The summed E-state index contributed by atoms with van der Waals surface area (Å²) in [5.41, 5.74) is 2.64. The van der Waals surface area contributed by atoms with E-state index in [-0.39, 0.29) is 5.56 Å². The number of ether oxygens (including phenoxy) is 1. The van der Waals surface area contributed by atoms with Crippen LogP contribution in [0, 0.1) is 19.7 Å². The zero-order valence-electron chi connectivity index (χ0n) is 18.7. The maximum atomic E-state index is 15.7. The summed E-state index contributed by atoms with van der Waals surface area (Å²) in [6, 6.07) is 12.5. The third kappa shape index (κ3) is 3.82. The van der Waals surface area contributed by atoms with Crippen LogP contribution < -0.4 is 0 Å². The second-order valence-corrected chi connectivity index (χ2v) is 8.90. The summed E-state index contributed by atoms with van der Waals surface area (Å²) < 4.78 is 21.6. The minimum absolute atomic E-state index is 0.256. The summed E-state index contributed by atoms with van der Waals surface area (Å²) in [7, 11) is 0. The van der Waals surface area contributed by atoms with Crippen LogP contribution in [0.15, 0.2) is 48.7 Å². The van der Waals surface area contributed by atoms with Gasteiger partial charge in [-0.1, -0.05) is 24.3 Å². The number of hydrogen-bond donors (Lipinski definition) is 1. The van der Waals surface area contributed by atoms with Crippen LogP contribution in [0.25, 0.3) is 32.9 Å². The maximum Gasteiger partial charge on any atom is 0.337 e. The first-order valence-corrected chi connectivity index (χ1v) is 10.4. The molecule has 0 fully saturated rings. The molecule has 2 aromatic heterocycles. The Kier molecular flexibility index (Phi) is 5.42. The topological polar surface area (TPSA) is 72.3 Å². The standard InChI is InChI=1S/C26H25FN2O3/c1-14-13-18(27)22(23-16(14)10-8-12-28-23)21-17-9-6-7-11-19(17)29-15(2)20(21)24(25(30)31)32-26(3,4)5/h6-13,24H,1-5H3,(H,30,31)/t24-/m0/s1. The number of rotatable bonds is 4. The Morgan fingerprint density at radius 2 is 1.75 bits per heavy atom. The van der Waals surface area contributed by atoms with E-state index in [0.717, 1.165) is 10.9 Å². The lowest BCUT2D eigenvalue weighted by atomic mass is 9.88. The molecule has 1 N–H and O–H groups in total. The molecule has 0 spiro atoms. The number of fused-ring (bicyclic) bond motifs is 2. The van der Waals surface area contributed by atoms with Gasteiger partial charge in [0.25, 0.3) is 0 Å². The van der Waals surface area contributed by atoms with Crippen molar-refractivity contribution in [2.75, 3.05) is 0 Å². The van der Waals surface area contributed by atoms with Crippen molar-refractivity contribution in [3.8, 4) is 11.1 Å². The second-order valence-electron chi connectivity index (χ2n) is 8.90. The molecule has 2 aromatic carbocycles. The number of nitrogens with zero attached hydrogens (tertiary/aromatic N) is 2. The average Bonchev–Trinajstić information content (AvgIpc) is 2.71. The van der Waals surface area contributed by atoms with Crippen LogP contribution >= 0.6 is 0 Å². The van der Waals surface area contributed by atoms with Gasteiger partial charge in [-0.3, -0.25) is 9.97 Å². The molecule has 164 valence electrons. The Balaban J connectivity index is 2.20. The summed E-state index contributed by atoms with van der Waals surface area (Å²) in [6.45, 7) is 8.92. The van der Waals surface area contributed by atoms with E-state index in [1.165, 1.54) is 6.07 Å². The Morgan fingerprint density at radius 1 is 1.06 bits per heavy atom. The first-order valence-electron chi connectivity index (χ1n) is 10.4. The van der Waals surface area contributed by atoms with Crippen LogP contribution in [0.2, 0.25) is 0 Å². The van der Waals surface area contributed by atoms with E-state index >= 15 is 4.39 Å². The third-order valence-corrected chi connectivity index (χ3v) is 5.38. The summed E-state index contributed by atoms with van der Waals surface area (Å²) in [4.78, 5) is 21.5. The summed E-state index contributed by atoms with van der Waals surface area (Å²) in [6.07, 6.45) is 0.280. The van der Waals surface area contributed by atoms with Crippen molar-refractivity contribution in [2.45, 2.75) is 46.3 Å². The SMILES string of the molecule is Cc1nc2ccccc2c(-c2c(F)cc(C)c3cccnc23)c1[C@H](OC(C)(C)C)C(=O)O. The molecule has 4 rings (SSSR count). The lowest BCUT2D eigenvalue weighted by Gasteiger charge is -2.28. The Hall–Kier alpha value is -3.38. The minimum Gasteiger partial charge on any atom is -0.479 e. The number of aromatic nitrogens is 2. The van der Waals surface area contributed by atoms with Crippen molar-refractivity contribution in [3.63, 3.8) is 0 Å². The van der Waals surface area contributed by atoms with Gasteiger partial charge in [-0.15, -0.1) is 0 Å². The molecule has 0 aliphatic carbocycles. The molecule has 1 atom stereocenters. The number of carboxylic acid groups (broad SMARTS) is 1. The number of pyridine rings is 2. The lowest BCUT2D eigenvalue weighted by Crippen LogP contribution is -2.28. The van der Waals surface area contributed by atoms with Crippen molar-refractivity contribution in [3.05, 3.63) is 71.3 Å². The molecule has 4 aromatic rings. The fourth-order valence-corrected chi connectivity index (χ4v) is 4.14. The molecule has 0 saturated heterocycles. The van der Waals surface area contributed by atoms with Gasteiger partial charge >= 0.3 is 5.97 Å². The molecule has 0 unspecified atom stereocenters. The Labute approximate surface area is 185 Å². The molecule has 0 bridgehead atoms. The van der Waals surface area contributed by atoms with E-state index in [4.69, 9.17) is 4.74 Å². The summed E-state index contributed by atoms with van der Waals surface area (Å²) in [5.74, 6) is -1.63. The summed E-state index contributed by atoms with van der Waals surface area (Å²) in [5, 5.41) is 11.6. The first kappa shape index (κ1) is 21.8. The monoisotopic (exact) mass is 432 g/mol. The summed E-state index contributed by atoms with van der Waals surface area (Å²) >= 11 is 0. The van der Waals surface area contributed by atoms with Gasteiger partial charge in [0.1, 0.15) is 5.82 Å². The molecule has 6 heteroatoms. The zero-order chi connectivity index (χ0) is 23.2. The van der Waals surface area contributed by atoms with E-state index in [1.807, 2.05) is 37.3 Å². The minimum atomic E-state index is -1.33. The number of para-hydroxylation sites is 1. The largest absolute Gasteiger partial charge is 0.479 e. The number of halogens is 1. The molecule has 0 aliphatic rings. The Bertz CT molecular complexity index is 1360. The molecule has 0 aliphatic heterocycles. The van der Waals surface area contributed by atoms with Crippen LogP contribution in [-0.2, 0) is 9.53 Å². The molecule has 5 nitrogen and oxygen atoms in total. The quantitative estimate of drug-likeness (QED) is 0.419. The predicted molar refractivity (Wildman–Crippen MR) is 123 cm³/mol. The van der Waals surface area contributed by atoms with Crippen LogP contribution in [0.5, 0.6) is 0 Å². The highest BCUT2D eigenvalue weighted by Crippen LogP contribution is 2.43. The van der Waals surface area contributed by atoms with Gasteiger partial charge in [0.2, 0.25) is 0 Å². The second kappa shape index (κ2) is 7.95. The number of aliphatic carboxylic acids is 1. The third-order valence-electron chi connectivity index (χ3n) is 5.38. The van der Waals surface area contributed by atoms with Crippen molar-refractivity contribution < 1.29 is 19.0 Å². The van der Waals surface area contributed by atoms with Crippen LogP contribution in [0.4, 0.5) is 4.39 Å². The average molecular weight is 432 g/mol. The highest BCUT2D eigenvalue weighted by Gasteiger charge is 2.33. The molecule has 0 saturated carbocycles. The van der Waals surface area contributed by atoms with Gasteiger partial charge in [-0.05, 0) is 58.4 Å². The maximum absolute atomic E-state index is 15.7. The highest BCUT2D eigenvalue weighted by molar-refractivity contribution is 6.06. The predicted octanol–water partition coefficient (Wildman–Crippen LogP) is 6.15. The number of hydrogen-bond acceptors (Lipinski definition) is 4. The number of carboxylic acids is 1. The van der Waals surface area contributed by atoms with E-state index in [9.17, 15) is 9.90 Å². The first-order chi connectivity index (χ1) is 15.1. The van der Waals surface area contributed by atoms with E-state index in [1.54, 1.807) is 40.0 Å². The van der Waals surface area contributed by atoms with E-state index in [2.05, 4.69) is 9.97 Å². The lowest BCUT2D eigenvalue weighted by molar-refractivity contribution is -0.160. The normalized spacial score (nSPS) is 12.9. The van der Waals surface area contributed by atoms with Gasteiger partial charge in [-0.25, -0.2) is 9.18 Å². The van der Waals surface area contributed by atoms with Gasteiger partial charge in [0, 0.05) is 39.4 Å². The molecule has 0 radical (unpaired) electrons. The smallest absolute Gasteiger partial charge is 0.337 e. The van der Waals surface area contributed by atoms with Crippen molar-refractivity contribution in [1.29, 1.82) is 0 Å². The van der Waals surface area contributed by atoms with Crippen LogP contribution in [-0.4, -0.2) is 26.6 Å². The van der Waals surface area contributed by atoms with Gasteiger partial charge < -0.3 is 9.84 Å². The van der Waals surface area contributed by atoms with Crippen LogP contribution in [0.1, 0.15) is 43.7 Å². The van der Waals surface area contributed by atoms with E-state index in [0.29, 0.717) is 33.2 Å². The fourth-order valence-electron chi connectivity index (χ4n) is 4.14. The number of aryl methyl sites for hydroxylation is 2. The highest BCUT2D eigenvalue weighted by atomic mass is 19.1. The zero-order valence-corrected chi connectivity index (χ0v) is 18.7. The number of carbonyl (C=O) groups is 1. The van der Waals surface area contributed by atoms with E-state index < -0.39 is 23.5 Å². The number of benzene rings is 2. The van der Waals surface area contributed by atoms with Crippen molar-refractivity contribution in [2.24, 2.45) is 0 Å². The molecule has 2 heterocycles. The molecular formula is C26H25FN2O3. The molecule has 32 heavy (non-hydrogen) atoms. The molecule has 0 amide bonds. The fraction of sp³-hybridized carbons (Fsp3) is 0.269. The van der Waals surface area contributed by atoms with Crippen molar-refractivity contribution >= 4 is 27.8 Å². The van der Waals surface area contributed by atoms with Gasteiger partial charge in [0.15, 0.2) is 6.10 Å². The van der Waals surface area contributed by atoms with Gasteiger partial charge in [-0.2, -0.15) is 0 Å². The molecular weight excluding hydrogens is 407 g/mol. The van der Waals surface area contributed by atoms with Crippen molar-refractivity contribution in [1.82, 2.24) is 9.97 Å². The Morgan fingerprint density at radius 3 is 2.44 bits per heavy atom. The van der Waals surface area contributed by atoms with Gasteiger partial charge in [0.05, 0.1) is 16.6 Å². The van der Waals surface area contributed by atoms with Crippen LogP contribution in [0.3, 0.4) is 0 Å².